The van der Waals surface area contributed by atoms with Gasteiger partial charge in [0.1, 0.15) is 23.6 Å². The second-order valence-corrected chi connectivity index (χ2v) is 7.61. The lowest BCUT2D eigenvalue weighted by Crippen LogP contribution is -2.21. The van der Waals surface area contributed by atoms with Crippen LogP contribution < -0.4 is 15.0 Å². The van der Waals surface area contributed by atoms with E-state index in [0.717, 1.165) is 5.56 Å². The van der Waals surface area contributed by atoms with Gasteiger partial charge < -0.3 is 18.6 Å². The van der Waals surface area contributed by atoms with Gasteiger partial charge in [-0.2, -0.15) is 10.1 Å². The van der Waals surface area contributed by atoms with Crippen molar-refractivity contribution in [3.8, 4) is 34.1 Å². The van der Waals surface area contributed by atoms with Crippen LogP contribution in [0.25, 0.3) is 28.2 Å². The Morgan fingerprint density at radius 3 is 2.61 bits per heavy atom. The molecule has 0 amide bonds. The van der Waals surface area contributed by atoms with Gasteiger partial charge in [0, 0.05) is 29.0 Å². The molecule has 3 heterocycles. The van der Waals surface area contributed by atoms with Crippen LogP contribution in [0.1, 0.15) is 5.89 Å². The summed E-state index contributed by atoms with van der Waals surface area (Å²) in [6.45, 7) is 0.113. The summed E-state index contributed by atoms with van der Waals surface area (Å²) < 4.78 is 19.1. The van der Waals surface area contributed by atoms with Crippen molar-refractivity contribution >= 4 is 17.1 Å². The van der Waals surface area contributed by atoms with E-state index in [1.54, 1.807) is 67.5 Å². The van der Waals surface area contributed by atoms with Crippen LogP contribution in [0.2, 0.25) is 5.02 Å². The Hall–Kier alpha value is -4.11. The van der Waals surface area contributed by atoms with Gasteiger partial charge in [-0.05, 0) is 30.3 Å². The molecule has 5 rings (SSSR count). The van der Waals surface area contributed by atoms with Crippen molar-refractivity contribution in [2.75, 3.05) is 14.2 Å². The minimum atomic E-state index is -0.230. The van der Waals surface area contributed by atoms with E-state index in [9.17, 15) is 4.79 Å². The summed E-state index contributed by atoms with van der Waals surface area (Å²) in [4.78, 5) is 17.5. The summed E-state index contributed by atoms with van der Waals surface area (Å²) in [7, 11) is 3.13. The number of benzene rings is 2. The Kier molecular flexibility index (Phi) is 5.31. The fourth-order valence-corrected chi connectivity index (χ4v) is 3.60. The number of fused-ring (bicyclic) bond motifs is 1. The zero-order chi connectivity index (χ0) is 22.9. The molecule has 10 heteroatoms. The summed E-state index contributed by atoms with van der Waals surface area (Å²) in [5, 5.41) is 9.16. The number of hydrogen-bond donors (Lipinski definition) is 0. The molecule has 0 aliphatic carbocycles. The van der Waals surface area contributed by atoms with Crippen LogP contribution >= 0.6 is 11.6 Å². The molecule has 3 aromatic heterocycles. The lowest BCUT2D eigenvalue weighted by Gasteiger charge is -2.07. The second kappa shape index (κ2) is 8.44. The topological polar surface area (TPSA) is 96.7 Å². The molecule has 0 aliphatic heterocycles. The van der Waals surface area contributed by atoms with Gasteiger partial charge in [-0.15, -0.1) is 0 Å². The van der Waals surface area contributed by atoms with E-state index >= 15 is 0 Å². The van der Waals surface area contributed by atoms with Crippen molar-refractivity contribution in [3.63, 3.8) is 0 Å². The number of aromatic nitrogens is 5. The maximum atomic E-state index is 13.0. The van der Waals surface area contributed by atoms with Gasteiger partial charge in [0.15, 0.2) is 0 Å². The first kappa shape index (κ1) is 20.8. The molecule has 0 spiro atoms. The Morgan fingerprint density at radius 2 is 1.85 bits per heavy atom. The molecule has 0 N–H and O–H groups in total. The van der Waals surface area contributed by atoms with Gasteiger partial charge in [0.05, 0.1) is 25.5 Å². The molecule has 0 aliphatic rings. The number of ether oxygens (including phenoxy) is 2. The van der Waals surface area contributed by atoms with Gasteiger partial charge in [0.2, 0.25) is 11.7 Å². The highest BCUT2D eigenvalue weighted by molar-refractivity contribution is 6.30. The Labute approximate surface area is 192 Å². The van der Waals surface area contributed by atoms with Crippen molar-refractivity contribution in [1.82, 2.24) is 24.3 Å². The first-order chi connectivity index (χ1) is 16.1. The van der Waals surface area contributed by atoms with Crippen LogP contribution in [0, 0.1) is 0 Å². The molecule has 9 nitrogen and oxygen atoms in total. The van der Waals surface area contributed by atoms with Crippen LogP contribution in [-0.2, 0) is 6.54 Å². The van der Waals surface area contributed by atoms with Crippen molar-refractivity contribution in [2.24, 2.45) is 0 Å². The zero-order valence-corrected chi connectivity index (χ0v) is 18.5. The fourth-order valence-electron chi connectivity index (χ4n) is 3.47. The molecule has 33 heavy (non-hydrogen) atoms. The predicted molar refractivity (Wildman–Crippen MR) is 122 cm³/mol. The largest absolute Gasteiger partial charge is 0.497 e. The average Bonchev–Trinajstić information content (AvgIpc) is 3.48. The molecule has 2 aromatic carbocycles. The van der Waals surface area contributed by atoms with Crippen LogP contribution in [0.5, 0.6) is 11.5 Å². The van der Waals surface area contributed by atoms with Gasteiger partial charge in [-0.25, -0.2) is 4.52 Å². The normalized spacial score (nSPS) is 11.1. The lowest BCUT2D eigenvalue weighted by atomic mass is 10.1. The number of methoxy groups -OCH3 is 2. The summed E-state index contributed by atoms with van der Waals surface area (Å²) in [5.41, 5.74) is 2.39. The number of rotatable bonds is 6. The van der Waals surface area contributed by atoms with Crippen molar-refractivity contribution in [3.05, 3.63) is 82.2 Å². The minimum Gasteiger partial charge on any atom is -0.497 e. The third kappa shape index (κ3) is 3.94. The molecule has 0 unspecified atom stereocenters. The van der Waals surface area contributed by atoms with Crippen LogP contribution in [0.15, 0.2) is 70.2 Å². The molecule has 0 saturated heterocycles. The van der Waals surface area contributed by atoms with E-state index in [2.05, 4.69) is 15.2 Å². The molecule has 5 aromatic rings. The first-order valence-electron chi connectivity index (χ1n) is 9.95. The van der Waals surface area contributed by atoms with Gasteiger partial charge in [-0.1, -0.05) is 28.9 Å². The molecule has 166 valence electrons. The van der Waals surface area contributed by atoms with Crippen molar-refractivity contribution < 1.29 is 14.0 Å². The third-order valence-corrected chi connectivity index (χ3v) is 5.42. The monoisotopic (exact) mass is 463 g/mol. The van der Waals surface area contributed by atoms with Gasteiger partial charge >= 0.3 is 0 Å². The highest BCUT2D eigenvalue weighted by Crippen LogP contribution is 2.31. The summed E-state index contributed by atoms with van der Waals surface area (Å²) in [6.07, 6.45) is 3.34. The van der Waals surface area contributed by atoms with E-state index < -0.39 is 0 Å². The Bertz CT molecular complexity index is 1500. The number of hydrogen-bond acceptors (Lipinski definition) is 7. The lowest BCUT2D eigenvalue weighted by molar-refractivity contribution is 0.369. The first-order valence-corrected chi connectivity index (χ1v) is 10.3. The summed E-state index contributed by atoms with van der Waals surface area (Å²) in [5.74, 6) is 1.84. The van der Waals surface area contributed by atoms with Crippen molar-refractivity contribution in [2.45, 2.75) is 6.54 Å². The maximum absolute atomic E-state index is 13.0. The molecular formula is C23H18ClN5O4. The fraction of sp³-hybridized carbons (Fsp3) is 0.130. The van der Waals surface area contributed by atoms with E-state index in [1.807, 2.05) is 12.1 Å². The zero-order valence-electron chi connectivity index (χ0n) is 17.7. The smallest absolute Gasteiger partial charge is 0.277 e. The van der Waals surface area contributed by atoms with Crippen molar-refractivity contribution in [1.29, 1.82) is 0 Å². The second-order valence-electron chi connectivity index (χ2n) is 7.18. The summed E-state index contributed by atoms with van der Waals surface area (Å²) >= 11 is 5.96. The number of halogens is 1. The molecule has 0 radical (unpaired) electrons. The molecule has 0 fully saturated rings. The van der Waals surface area contributed by atoms with Gasteiger partial charge in [-0.3, -0.25) is 4.79 Å². The molecule has 0 atom stereocenters. The third-order valence-electron chi connectivity index (χ3n) is 5.17. The van der Waals surface area contributed by atoms with E-state index in [4.69, 9.17) is 25.6 Å². The van der Waals surface area contributed by atoms with Crippen LogP contribution in [0.3, 0.4) is 0 Å². The van der Waals surface area contributed by atoms with Crippen LogP contribution in [-0.4, -0.2) is 38.5 Å². The maximum Gasteiger partial charge on any atom is 0.277 e. The number of nitrogens with zero attached hydrogens (tertiary/aromatic N) is 5. The van der Waals surface area contributed by atoms with E-state index in [0.29, 0.717) is 39.1 Å². The average molecular weight is 464 g/mol. The van der Waals surface area contributed by atoms with Gasteiger partial charge in [0.25, 0.3) is 5.56 Å². The molecule has 0 bridgehead atoms. The highest BCUT2D eigenvalue weighted by atomic mass is 35.5. The quantitative estimate of drug-likeness (QED) is 0.376. The molecular weight excluding hydrogens is 446 g/mol. The standard InChI is InChI=1S/C23H18ClN5O4/c1-31-16-7-8-17(20(11-16)32-2)22-25-21(33-27-22)13-28-9-10-29-19(23(28)30)12-18(26-29)14-3-5-15(24)6-4-14/h3-12H,13H2,1-2H3. The Morgan fingerprint density at radius 1 is 1.03 bits per heavy atom. The SMILES string of the molecule is COc1ccc(-c2noc(Cn3ccn4nc(-c5ccc(Cl)cc5)cc4c3=O)n2)c(OC)c1. The van der Waals surface area contributed by atoms with Crippen LogP contribution in [0.4, 0.5) is 0 Å². The molecule has 0 saturated carbocycles. The Balaban J connectivity index is 1.44. The highest BCUT2D eigenvalue weighted by Gasteiger charge is 2.16. The minimum absolute atomic E-state index is 0.113. The van der Waals surface area contributed by atoms with E-state index in [-0.39, 0.29) is 18.0 Å². The van der Waals surface area contributed by atoms with E-state index in [1.165, 1.54) is 4.57 Å². The predicted octanol–water partition coefficient (Wildman–Crippen LogP) is 3.93. The summed E-state index contributed by atoms with van der Waals surface area (Å²) in [6, 6.07) is 14.3.